The van der Waals surface area contributed by atoms with Gasteiger partial charge in [0.05, 0.1) is 6.33 Å². The summed E-state index contributed by atoms with van der Waals surface area (Å²) < 4.78 is 32.8. The van der Waals surface area contributed by atoms with E-state index in [0.717, 1.165) is 12.8 Å². The normalized spacial score (nSPS) is 18.1. The SMILES string of the molecule is CN(CC1CCOCC1)S(=O)(=O)c1ncn(C)c1Cl. The number of nitrogens with zero attached hydrogens (tertiary/aromatic N) is 3. The van der Waals surface area contributed by atoms with Crippen LogP contribution in [0.15, 0.2) is 11.4 Å². The molecule has 0 spiro atoms. The van der Waals surface area contributed by atoms with Gasteiger partial charge in [0.2, 0.25) is 5.03 Å². The number of hydrogen-bond acceptors (Lipinski definition) is 4. The molecular weight excluding hydrogens is 290 g/mol. The topological polar surface area (TPSA) is 64.4 Å². The lowest BCUT2D eigenvalue weighted by molar-refractivity contribution is 0.0620. The van der Waals surface area contributed by atoms with E-state index in [-0.39, 0.29) is 10.2 Å². The van der Waals surface area contributed by atoms with Gasteiger partial charge in [-0.3, -0.25) is 0 Å². The summed E-state index contributed by atoms with van der Waals surface area (Å²) >= 11 is 5.95. The molecule has 2 rings (SSSR count). The van der Waals surface area contributed by atoms with E-state index in [4.69, 9.17) is 16.3 Å². The molecule has 1 aliphatic heterocycles. The molecular formula is C11H18ClN3O3S. The number of rotatable bonds is 4. The Bertz CT molecular complexity index is 537. The van der Waals surface area contributed by atoms with Crippen LogP contribution < -0.4 is 0 Å². The number of halogens is 1. The van der Waals surface area contributed by atoms with Gasteiger partial charge in [0.25, 0.3) is 10.0 Å². The van der Waals surface area contributed by atoms with E-state index in [2.05, 4.69) is 4.98 Å². The van der Waals surface area contributed by atoms with Gasteiger partial charge in [0.1, 0.15) is 5.15 Å². The summed E-state index contributed by atoms with van der Waals surface area (Å²) in [7, 11) is -0.395. The fourth-order valence-electron chi connectivity index (χ4n) is 2.11. The second kappa shape index (κ2) is 5.78. The maximum atomic E-state index is 12.4. The Labute approximate surface area is 118 Å². The highest BCUT2D eigenvalue weighted by atomic mass is 35.5. The van der Waals surface area contributed by atoms with E-state index >= 15 is 0 Å². The maximum Gasteiger partial charge on any atom is 0.263 e. The quantitative estimate of drug-likeness (QED) is 0.836. The maximum absolute atomic E-state index is 12.4. The third-order valence-corrected chi connectivity index (χ3v) is 5.66. The van der Waals surface area contributed by atoms with Gasteiger partial charge in [-0.15, -0.1) is 0 Å². The molecule has 0 aliphatic carbocycles. The summed E-state index contributed by atoms with van der Waals surface area (Å²) in [5, 5.41) is 0.0602. The molecule has 2 heterocycles. The lowest BCUT2D eigenvalue weighted by atomic mass is 10.0. The summed E-state index contributed by atoms with van der Waals surface area (Å²) in [5.41, 5.74) is 0. The summed E-state index contributed by atoms with van der Waals surface area (Å²) in [6, 6.07) is 0. The molecule has 1 aromatic heterocycles. The van der Waals surface area contributed by atoms with Crippen LogP contribution in [0.1, 0.15) is 12.8 Å². The Kier molecular flexibility index (Phi) is 4.50. The first-order valence-corrected chi connectivity index (χ1v) is 7.95. The Balaban J connectivity index is 2.12. The second-order valence-corrected chi connectivity index (χ2v) is 7.11. The third kappa shape index (κ3) is 3.10. The molecule has 0 N–H and O–H groups in total. The van der Waals surface area contributed by atoms with Crippen molar-refractivity contribution in [1.29, 1.82) is 0 Å². The molecule has 1 aromatic rings. The van der Waals surface area contributed by atoms with Crippen molar-refractivity contribution in [1.82, 2.24) is 13.9 Å². The molecule has 0 saturated carbocycles. The monoisotopic (exact) mass is 307 g/mol. The third-order valence-electron chi connectivity index (χ3n) is 3.35. The summed E-state index contributed by atoms with van der Waals surface area (Å²) in [4.78, 5) is 3.88. The number of imidazole rings is 1. The van der Waals surface area contributed by atoms with Crippen molar-refractivity contribution in [2.75, 3.05) is 26.8 Å². The predicted octanol–water partition coefficient (Wildman–Crippen LogP) is 1.12. The molecule has 8 heteroatoms. The average molecular weight is 308 g/mol. The van der Waals surface area contributed by atoms with E-state index in [1.165, 1.54) is 15.2 Å². The number of hydrogen-bond donors (Lipinski definition) is 0. The standard InChI is InChI=1S/C11H18ClN3O3S/c1-14-8-13-11(10(14)12)19(16,17)15(2)7-9-3-5-18-6-4-9/h8-9H,3-7H2,1-2H3. The van der Waals surface area contributed by atoms with Crippen LogP contribution in [0.3, 0.4) is 0 Å². The first-order chi connectivity index (χ1) is 8.93. The zero-order valence-corrected chi connectivity index (χ0v) is 12.6. The van der Waals surface area contributed by atoms with Crippen LogP contribution in [0.5, 0.6) is 0 Å². The largest absolute Gasteiger partial charge is 0.381 e. The van der Waals surface area contributed by atoms with Crippen molar-refractivity contribution < 1.29 is 13.2 Å². The molecule has 1 aliphatic rings. The number of aromatic nitrogens is 2. The Morgan fingerprint density at radius 1 is 1.53 bits per heavy atom. The van der Waals surface area contributed by atoms with Crippen LogP contribution in [-0.4, -0.2) is 49.1 Å². The van der Waals surface area contributed by atoms with E-state index in [0.29, 0.717) is 25.7 Å². The molecule has 0 atom stereocenters. The number of aryl methyl sites for hydroxylation is 1. The summed E-state index contributed by atoms with van der Waals surface area (Å²) in [5.74, 6) is 0.330. The first-order valence-electron chi connectivity index (χ1n) is 6.14. The van der Waals surface area contributed by atoms with E-state index in [1.807, 2.05) is 0 Å². The molecule has 0 aromatic carbocycles. The fourth-order valence-corrected chi connectivity index (χ4v) is 3.73. The Hall–Kier alpha value is -0.630. The molecule has 108 valence electrons. The zero-order valence-electron chi connectivity index (χ0n) is 11.0. The minimum atomic E-state index is -3.62. The average Bonchev–Trinajstić information content (AvgIpc) is 2.71. The predicted molar refractivity (Wildman–Crippen MR) is 71.6 cm³/mol. The van der Waals surface area contributed by atoms with Crippen LogP contribution in [0.2, 0.25) is 5.15 Å². The van der Waals surface area contributed by atoms with E-state index in [9.17, 15) is 8.42 Å². The van der Waals surface area contributed by atoms with Crippen LogP contribution in [0, 0.1) is 5.92 Å². The highest BCUT2D eigenvalue weighted by molar-refractivity contribution is 7.89. The van der Waals surface area contributed by atoms with Crippen molar-refractivity contribution in [3.05, 3.63) is 11.5 Å². The minimum Gasteiger partial charge on any atom is -0.381 e. The molecule has 19 heavy (non-hydrogen) atoms. The molecule has 1 saturated heterocycles. The molecule has 0 bridgehead atoms. The number of ether oxygens (including phenoxy) is 1. The first kappa shape index (κ1) is 14.8. The fraction of sp³-hybridized carbons (Fsp3) is 0.727. The lowest BCUT2D eigenvalue weighted by Gasteiger charge is -2.26. The minimum absolute atomic E-state index is 0.0776. The zero-order chi connectivity index (χ0) is 14.0. The molecule has 0 amide bonds. The van der Waals surface area contributed by atoms with Crippen molar-refractivity contribution >= 4 is 21.6 Å². The Morgan fingerprint density at radius 3 is 2.68 bits per heavy atom. The molecule has 1 fully saturated rings. The van der Waals surface area contributed by atoms with Gasteiger partial charge in [0, 0.05) is 33.9 Å². The van der Waals surface area contributed by atoms with Crippen molar-refractivity contribution in [3.8, 4) is 0 Å². The lowest BCUT2D eigenvalue weighted by Crippen LogP contribution is -2.34. The van der Waals surface area contributed by atoms with Crippen LogP contribution in [0.4, 0.5) is 0 Å². The highest BCUT2D eigenvalue weighted by Crippen LogP contribution is 2.24. The van der Waals surface area contributed by atoms with Crippen molar-refractivity contribution in [2.45, 2.75) is 17.9 Å². The van der Waals surface area contributed by atoms with Gasteiger partial charge in [-0.05, 0) is 18.8 Å². The molecule has 0 unspecified atom stereocenters. The van der Waals surface area contributed by atoms with Gasteiger partial charge in [-0.25, -0.2) is 13.4 Å². The van der Waals surface area contributed by atoms with Gasteiger partial charge >= 0.3 is 0 Å². The summed E-state index contributed by atoms with van der Waals surface area (Å²) in [6.07, 6.45) is 3.17. The van der Waals surface area contributed by atoms with Crippen LogP contribution >= 0.6 is 11.6 Å². The molecule has 6 nitrogen and oxygen atoms in total. The second-order valence-electron chi connectivity index (χ2n) is 4.79. The van der Waals surface area contributed by atoms with Gasteiger partial charge in [0.15, 0.2) is 0 Å². The Morgan fingerprint density at radius 2 is 2.16 bits per heavy atom. The van der Waals surface area contributed by atoms with E-state index < -0.39 is 10.0 Å². The van der Waals surface area contributed by atoms with E-state index in [1.54, 1.807) is 14.1 Å². The highest BCUT2D eigenvalue weighted by Gasteiger charge is 2.29. The van der Waals surface area contributed by atoms with Gasteiger partial charge < -0.3 is 9.30 Å². The smallest absolute Gasteiger partial charge is 0.263 e. The van der Waals surface area contributed by atoms with Gasteiger partial charge in [-0.1, -0.05) is 11.6 Å². The van der Waals surface area contributed by atoms with Crippen LogP contribution in [-0.2, 0) is 21.8 Å². The molecule has 0 radical (unpaired) electrons. The number of sulfonamides is 1. The van der Waals surface area contributed by atoms with Crippen molar-refractivity contribution in [2.24, 2.45) is 13.0 Å². The van der Waals surface area contributed by atoms with Crippen LogP contribution in [0.25, 0.3) is 0 Å². The van der Waals surface area contributed by atoms with Crippen molar-refractivity contribution in [3.63, 3.8) is 0 Å². The van der Waals surface area contributed by atoms with Gasteiger partial charge in [-0.2, -0.15) is 4.31 Å². The summed E-state index contributed by atoms with van der Waals surface area (Å²) in [6.45, 7) is 1.87.